The summed E-state index contributed by atoms with van der Waals surface area (Å²) >= 11 is 0. The van der Waals surface area contributed by atoms with Gasteiger partial charge in [-0.2, -0.15) is 0 Å². The van der Waals surface area contributed by atoms with Crippen LogP contribution in [-0.2, 0) is 4.79 Å². The lowest BCUT2D eigenvalue weighted by Crippen LogP contribution is -2.35. The van der Waals surface area contributed by atoms with Crippen LogP contribution in [0.4, 0.5) is 8.78 Å². The molecule has 0 rings (SSSR count). The molecule has 0 fully saturated rings. The van der Waals surface area contributed by atoms with Gasteiger partial charge >= 0.3 is 0 Å². The van der Waals surface area contributed by atoms with E-state index in [0.717, 1.165) is 12.8 Å². The van der Waals surface area contributed by atoms with E-state index in [1.54, 1.807) is 11.9 Å². The Morgan fingerprint density at radius 1 is 1.43 bits per heavy atom. The lowest BCUT2D eigenvalue weighted by Gasteiger charge is -2.22. The van der Waals surface area contributed by atoms with Crippen LogP contribution in [0.3, 0.4) is 0 Å². The highest BCUT2D eigenvalue weighted by Gasteiger charge is 2.29. The first-order chi connectivity index (χ1) is 6.52. The minimum atomic E-state index is -2.73. The first-order valence-electron chi connectivity index (χ1n) is 5.02. The summed E-state index contributed by atoms with van der Waals surface area (Å²) < 4.78 is 26.2. The molecule has 0 aliphatic rings. The third kappa shape index (κ3) is 6.95. The number of halogens is 2. The number of nitrogens with zero attached hydrogens (tertiary/aromatic N) is 1. The van der Waals surface area contributed by atoms with Gasteiger partial charge in [-0.25, -0.2) is 8.78 Å². The summed E-state index contributed by atoms with van der Waals surface area (Å²) in [6.07, 6.45) is 2.08. The zero-order chi connectivity index (χ0) is 11.0. The summed E-state index contributed by atoms with van der Waals surface area (Å²) in [5.74, 6) is -2.73. The minimum absolute atomic E-state index is 0.0609. The average Bonchev–Trinajstić information content (AvgIpc) is 2.11. The van der Waals surface area contributed by atoms with Crippen LogP contribution in [0.2, 0.25) is 0 Å². The van der Waals surface area contributed by atoms with Crippen LogP contribution in [0, 0.1) is 0 Å². The summed E-state index contributed by atoms with van der Waals surface area (Å²) in [6.45, 7) is 2.46. The molecule has 0 saturated heterocycles. The lowest BCUT2D eigenvalue weighted by atomic mass is 10.2. The van der Waals surface area contributed by atoms with Crippen molar-refractivity contribution in [3.8, 4) is 0 Å². The van der Waals surface area contributed by atoms with Gasteiger partial charge in [0.1, 0.15) is 6.29 Å². The number of hydrogen-bond acceptors (Lipinski definition) is 2. The monoisotopic (exact) mass is 207 g/mol. The molecule has 0 unspecified atom stereocenters. The van der Waals surface area contributed by atoms with Gasteiger partial charge < -0.3 is 9.69 Å². The Bertz CT molecular complexity index is 162. The van der Waals surface area contributed by atoms with E-state index in [1.807, 2.05) is 6.92 Å². The van der Waals surface area contributed by atoms with Gasteiger partial charge in [0.2, 0.25) is 0 Å². The van der Waals surface area contributed by atoms with E-state index in [2.05, 4.69) is 0 Å². The van der Waals surface area contributed by atoms with E-state index < -0.39 is 5.92 Å². The SMILES string of the molecule is CCCCN(C)CC(F)(F)CCC=O. The van der Waals surface area contributed by atoms with Crippen molar-refractivity contribution in [2.45, 2.75) is 38.5 Å². The molecule has 0 atom stereocenters. The largest absolute Gasteiger partial charge is 0.303 e. The van der Waals surface area contributed by atoms with Gasteiger partial charge in [-0.15, -0.1) is 0 Å². The van der Waals surface area contributed by atoms with Crippen molar-refractivity contribution in [2.75, 3.05) is 20.1 Å². The van der Waals surface area contributed by atoms with Crippen molar-refractivity contribution in [3.05, 3.63) is 0 Å². The fourth-order valence-corrected chi connectivity index (χ4v) is 1.25. The third-order valence-electron chi connectivity index (χ3n) is 2.02. The first-order valence-corrected chi connectivity index (χ1v) is 5.02. The highest BCUT2D eigenvalue weighted by atomic mass is 19.3. The van der Waals surface area contributed by atoms with Crippen molar-refractivity contribution in [1.29, 1.82) is 0 Å². The number of carbonyl (C=O) groups excluding carboxylic acids is 1. The molecule has 0 saturated carbocycles. The molecule has 0 heterocycles. The zero-order valence-electron chi connectivity index (χ0n) is 8.93. The first kappa shape index (κ1) is 13.5. The topological polar surface area (TPSA) is 20.3 Å². The normalized spacial score (nSPS) is 12.1. The van der Waals surface area contributed by atoms with Crippen molar-refractivity contribution < 1.29 is 13.6 Å². The van der Waals surface area contributed by atoms with Gasteiger partial charge in [0.15, 0.2) is 0 Å². The van der Waals surface area contributed by atoms with Gasteiger partial charge in [0, 0.05) is 12.8 Å². The van der Waals surface area contributed by atoms with Gasteiger partial charge in [-0.3, -0.25) is 0 Å². The van der Waals surface area contributed by atoms with E-state index in [9.17, 15) is 13.6 Å². The van der Waals surface area contributed by atoms with Crippen LogP contribution in [0.25, 0.3) is 0 Å². The standard InChI is InChI=1S/C10H19F2NO/c1-3-4-7-13(2)9-10(11,12)6-5-8-14/h8H,3-7,9H2,1-2H3. The van der Waals surface area contributed by atoms with E-state index in [0.29, 0.717) is 12.8 Å². The van der Waals surface area contributed by atoms with Crippen molar-refractivity contribution in [3.63, 3.8) is 0 Å². The van der Waals surface area contributed by atoms with E-state index in [4.69, 9.17) is 0 Å². The zero-order valence-corrected chi connectivity index (χ0v) is 8.93. The molecule has 0 spiro atoms. The van der Waals surface area contributed by atoms with Gasteiger partial charge in [0.25, 0.3) is 5.92 Å². The number of rotatable bonds is 8. The Morgan fingerprint density at radius 3 is 2.57 bits per heavy atom. The molecule has 2 nitrogen and oxygen atoms in total. The smallest absolute Gasteiger partial charge is 0.260 e. The second-order valence-electron chi connectivity index (χ2n) is 3.65. The summed E-state index contributed by atoms with van der Waals surface area (Å²) in [4.78, 5) is 11.6. The van der Waals surface area contributed by atoms with Crippen LogP contribution in [0.5, 0.6) is 0 Å². The van der Waals surface area contributed by atoms with Crippen molar-refractivity contribution in [1.82, 2.24) is 4.90 Å². The molecule has 0 radical (unpaired) electrons. The molecule has 14 heavy (non-hydrogen) atoms. The quantitative estimate of drug-likeness (QED) is 0.569. The fraction of sp³-hybridized carbons (Fsp3) is 0.900. The lowest BCUT2D eigenvalue weighted by molar-refractivity contribution is -0.110. The molecule has 0 bridgehead atoms. The van der Waals surface area contributed by atoms with Crippen LogP contribution in [-0.4, -0.2) is 37.2 Å². The molecule has 0 aliphatic heterocycles. The van der Waals surface area contributed by atoms with Crippen LogP contribution in [0.1, 0.15) is 32.6 Å². The Balaban J connectivity index is 3.75. The average molecular weight is 207 g/mol. The molecule has 0 aromatic heterocycles. The Kier molecular flexibility index (Phi) is 6.62. The summed E-state index contributed by atoms with van der Waals surface area (Å²) in [5.41, 5.74) is 0. The van der Waals surface area contributed by atoms with E-state index >= 15 is 0 Å². The summed E-state index contributed by atoms with van der Waals surface area (Å²) in [7, 11) is 1.68. The Morgan fingerprint density at radius 2 is 2.07 bits per heavy atom. The minimum Gasteiger partial charge on any atom is -0.303 e. The van der Waals surface area contributed by atoms with E-state index in [-0.39, 0.29) is 19.4 Å². The summed E-state index contributed by atoms with van der Waals surface area (Å²) in [6, 6.07) is 0. The number of alkyl halides is 2. The Labute approximate surface area is 84.3 Å². The number of unbranched alkanes of at least 4 members (excludes halogenated alkanes) is 1. The number of aldehydes is 1. The molecular weight excluding hydrogens is 188 g/mol. The fourth-order valence-electron chi connectivity index (χ4n) is 1.25. The molecule has 0 aromatic carbocycles. The van der Waals surface area contributed by atoms with E-state index in [1.165, 1.54) is 0 Å². The van der Waals surface area contributed by atoms with Crippen LogP contribution >= 0.6 is 0 Å². The predicted molar refractivity (Wildman–Crippen MR) is 52.7 cm³/mol. The highest BCUT2D eigenvalue weighted by molar-refractivity contribution is 5.49. The molecule has 84 valence electrons. The van der Waals surface area contributed by atoms with Crippen LogP contribution < -0.4 is 0 Å². The summed E-state index contributed by atoms with van der Waals surface area (Å²) in [5, 5.41) is 0. The molecule has 0 aromatic rings. The number of hydrogen-bond donors (Lipinski definition) is 0. The maximum atomic E-state index is 13.1. The third-order valence-corrected chi connectivity index (χ3v) is 2.02. The molecular formula is C10H19F2NO. The second-order valence-corrected chi connectivity index (χ2v) is 3.65. The molecule has 4 heteroatoms. The second kappa shape index (κ2) is 6.87. The predicted octanol–water partition coefficient (Wildman–Crippen LogP) is 2.33. The van der Waals surface area contributed by atoms with Crippen molar-refractivity contribution in [2.24, 2.45) is 0 Å². The Hall–Kier alpha value is -0.510. The van der Waals surface area contributed by atoms with Crippen molar-refractivity contribution >= 4 is 6.29 Å². The molecule has 0 aliphatic carbocycles. The number of carbonyl (C=O) groups is 1. The van der Waals surface area contributed by atoms with Gasteiger partial charge in [0.05, 0.1) is 6.54 Å². The maximum absolute atomic E-state index is 13.1. The van der Waals surface area contributed by atoms with Gasteiger partial charge in [-0.1, -0.05) is 13.3 Å². The van der Waals surface area contributed by atoms with Gasteiger partial charge in [-0.05, 0) is 20.0 Å². The van der Waals surface area contributed by atoms with Crippen LogP contribution in [0.15, 0.2) is 0 Å². The molecule has 0 amide bonds. The molecule has 0 N–H and O–H groups in total. The highest BCUT2D eigenvalue weighted by Crippen LogP contribution is 2.20. The maximum Gasteiger partial charge on any atom is 0.260 e.